The third-order valence-corrected chi connectivity index (χ3v) is 9.48. The van der Waals surface area contributed by atoms with E-state index < -0.39 is 47.3 Å². The van der Waals surface area contributed by atoms with E-state index in [2.05, 4.69) is 10.2 Å². The molecule has 2 heterocycles. The van der Waals surface area contributed by atoms with Crippen molar-refractivity contribution in [2.75, 3.05) is 26.2 Å². The van der Waals surface area contributed by atoms with Gasteiger partial charge in [0.25, 0.3) is 0 Å². The first kappa shape index (κ1) is 37.6. The van der Waals surface area contributed by atoms with E-state index in [0.717, 1.165) is 10.5 Å². The van der Waals surface area contributed by atoms with Crippen molar-refractivity contribution < 1.29 is 40.7 Å². The lowest BCUT2D eigenvalue weighted by Gasteiger charge is -2.43. The van der Waals surface area contributed by atoms with Crippen LogP contribution in [-0.4, -0.2) is 48.0 Å². The van der Waals surface area contributed by atoms with Crippen LogP contribution < -0.4 is 5.32 Å². The number of carbonyl (C=O) groups excluding carboxylic acids is 2. The standard InChI is InChI=1S/C33H31Cl2F6N3O3.ClH/c1-21(45)42-30(23-5-3-2-4-6-23)9-12-43(13-10-30)14-11-31(24-7-8-27(34)28(35)18-24)20-44(29(46)47-31)19-22-15-25(32(36,37)38)17-26(16-22)33(39,40)41;/h2-8,15-18H,9-14,19-20H2,1H3,(H,42,45);1H. The summed E-state index contributed by atoms with van der Waals surface area (Å²) in [6, 6.07) is 15.6. The summed E-state index contributed by atoms with van der Waals surface area (Å²) >= 11 is 12.5. The van der Waals surface area contributed by atoms with Gasteiger partial charge in [0, 0.05) is 39.5 Å². The molecule has 1 unspecified atom stereocenters. The normalized spacial score (nSPS) is 19.9. The van der Waals surface area contributed by atoms with E-state index in [9.17, 15) is 35.9 Å². The summed E-state index contributed by atoms with van der Waals surface area (Å²) in [7, 11) is 0. The minimum atomic E-state index is -5.03. The molecule has 1 atom stereocenters. The largest absolute Gasteiger partial charge is 0.436 e. The molecule has 0 radical (unpaired) electrons. The topological polar surface area (TPSA) is 61.9 Å². The van der Waals surface area contributed by atoms with Crippen molar-refractivity contribution >= 4 is 47.6 Å². The summed E-state index contributed by atoms with van der Waals surface area (Å²) in [6.07, 6.45) is -9.49. The second kappa shape index (κ2) is 14.3. The highest BCUT2D eigenvalue weighted by molar-refractivity contribution is 6.42. The summed E-state index contributed by atoms with van der Waals surface area (Å²) in [5.74, 6) is -0.151. The zero-order valence-electron chi connectivity index (χ0n) is 25.6. The Hall–Kier alpha value is -3.19. The van der Waals surface area contributed by atoms with Crippen LogP contribution in [0.1, 0.15) is 54.0 Å². The van der Waals surface area contributed by atoms with Crippen molar-refractivity contribution in [1.29, 1.82) is 0 Å². The number of piperidine rings is 1. The maximum absolute atomic E-state index is 13.5. The van der Waals surface area contributed by atoms with Gasteiger partial charge in [0.2, 0.25) is 5.91 Å². The van der Waals surface area contributed by atoms with E-state index in [1.807, 2.05) is 30.3 Å². The highest BCUT2D eigenvalue weighted by Crippen LogP contribution is 2.42. The fraction of sp³-hybridized carbons (Fsp3) is 0.394. The summed E-state index contributed by atoms with van der Waals surface area (Å²) in [5, 5.41) is 3.56. The zero-order valence-corrected chi connectivity index (χ0v) is 27.9. The highest BCUT2D eigenvalue weighted by atomic mass is 35.5. The third-order valence-electron chi connectivity index (χ3n) is 8.74. The van der Waals surface area contributed by atoms with Crippen LogP contribution >= 0.6 is 35.6 Å². The molecule has 0 spiro atoms. The minimum absolute atomic E-state index is 0. The Morgan fingerprint density at radius 1 is 0.875 bits per heavy atom. The number of cyclic esters (lactones) is 1. The Balaban J connectivity index is 0.00000520. The van der Waals surface area contributed by atoms with Gasteiger partial charge < -0.3 is 15.0 Å². The van der Waals surface area contributed by atoms with E-state index in [0.29, 0.717) is 50.2 Å². The molecule has 2 aliphatic rings. The number of halogens is 9. The number of likely N-dealkylation sites (tertiary alicyclic amines) is 1. The lowest BCUT2D eigenvalue weighted by molar-refractivity contribution is -0.143. The quantitative estimate of drug-likeness (QED) is 0.235. The number of benzene rings is 3. The summed E-state index contributed by atoms with van der Waals surface area (Å²) in [6.45, 7) is 2.38. The Morgan fingerprint density at radius 3 is 2.02 bits per heavy atom. The molecule has 2 amide bonds. The number of hydrogen-bond acceptors (Lipinski definition) is 4. The fourth-order valence-electron chi connectivity index (χ4n) is 6.37. The van der Waals surface area contributed by atoms with E-state index in [1.54, 1.807) is 12.1 Å². The Labute approximate surface area is 289 Å². The van der Waals surface area contributed by atoms with E-state index in [-0.39, 0.29) is 53.0 Å². The third kappa shape index (κ3) is 8.33. The summed E-state index contributed by atoms with van der Waals surface area (Å²) < 4.78 is 86.9. The van der Waals surface area contributed by atoms with Gasteiger partial charge in [0.15, 0.2) is 5.60 Å². The number of amides is 2. The van der Waals surface area contributed by atoms with Gasteiger partial charge in [0.1, 0.15) is 0 Å². The van der Waals surface area contributed by atoms with Crippen LogP contribution in [-0.2, 0) is 39.6 Å². The number of alkyl halides is 6. The van der Waals surface area contributed by atoms with Crippen molar-refractivity contribution in [3.63, 3.8) is 0 Å². The number of rotatable bonds is 8. The van der Waals surface area contributed by atoms with E-state index in [4.69, 9.17) is 27.9 Å². The predicted octanol–water partition coefficient (Wildman–Crippen LogP) is 8.82. The fourth-order valence-corrected chi connectivity index (χ4v) is 6.67. The summed E-state index contributed by atoms with van der Waals surface area (Å²) in [4.78, 5) is 28.6. The van der Waals surface area contributed by atoms with Crippen LogP contribution in [0.3, 0.4) is 0 Å². The molecule has 0 bridgehead atoms. The number of ether oxygens (including phenoxy) is 1. The Bertz CT molecular complexity index is 1600. The second-order valence-electron chi connectivity index (χ2n) is 12.0. The first-order valence-corrected chi connectivity index (χ1v) is 15.5. The zero-order chi connectivity index (χ0) is 34.2. The lowest BCUT2D eigenvalue weighted by atomic mass is 9.80. The van der Waals surface area contributed by atoms with Gasteiger partial charge in [-0.15, -0.1) is 12.4 Å². The molecule has 6 nitrogen and oxygen atoms in total. The van der Waals surface area contributed by atoms with E-state index >= 15 is 0 Å². The molecule has 1 N–H and O–H groups in total. The van der Waals surface area contributed by atoms with Gasteiger partial charge in [-0.2, -0.15) is 26.3 Å². The molecule has 3 aromatic carbocycles. The molecule has 5 rings (SSSR count). The Kier molecular flexibility index (Phi) is 11.2. The molecular formula is C33H32Cl3F6N3O3. The molecular weight excluding hydrogens is 707 g/mol. The molecule has 3 aromatic rings. The molecule has 0 saturated carbocycles. The van der Waals surface area contributed by atoms with Crippen molar-refractivity contribution in [3.8, 4) is 0 Å². The molecule has 48 heavy (non-hydrogen) atoms. The lowest BCUT2D eigenvalue weighted by Crippen LogP contribution is -2.53. The molecule has 2 fully saturated rings. The average Bonchev–Trinajstić information content (AvgIpc) is 3.32. The highest BCUT2D eigenvalue weighted by Gasteiger charge is 2.48. The maximum Gasteiger partial charge on any atom is 0.416 e. The van der Waals surface area contributed by atoms with Gasteiger partial charge in [-0.3, -0.25) is 9.69 Å². The molecule has 260 valence electrons. The van der Waals surface area contributed by atoms with Crippen LogP contribution in [0.2, 0.25) is 10.0 Å². The van der Waals surface area contributed by atoms with Crippen LogP contribution in [0.25, 0.3) is 0 Å². The van der Waals surface area contributed by atoms with Crippen LogP contribution in [0.15, 0.2) is 66.7 Å². The number of carbonyl (C=O) groups is 2. The van der Waals surface area contributed by atoms with Gasteiger partial charge in [0.05, 0.1) is 33.3 Å². The van der Waals surface area contributed by atoms with Gasteiger partial charge in [-0.25, -0.2) is 4.79 Å². The smallest absolute Gasteiger partial charge is 0.416 e. The molecule has 0 aliphatic carbocycles. The Morgan fingerprint density at radius 2 is 1.48 bits per heavy atom. The minimum Gasteiger partial charge on any atom is -0.436 e. The average molecular weight is 739 g/mol. The maximum atomic E-state index is 13.5. The van der Waals surface area contributed by atoms with Gasteiger partial charge >= 0.3 is 18.4 Å². The molecule has 15 heteroatoms. The van der Waals surface area contributed by atoms with Crippen LogP contribution in [0, 0.1) is 0 Å². The van der Waals surface area contributed by atoms with Crippen LogP contribution in [0.5, 0.6) is 0 Å². The second-order valence-corrected chi connectivity index (χ2v) is 12.8. The van der Waals surface area contributed by atoms with Crippen molar-refractivity contribution in [1.82, 2.24) is 15.1 Å². The van der Waals surface area contributed by atoms with Gasteiger partial charge in [-0.05, 0) is 59.9 Å². The van der Waals surface area contributed by atoms with Gasteiger partial charge in [-0.1, -0.05) is 59.6 Å². The van der Waals surface area contributed by atoms with Crippen LogP contribution in [0.4, 0.5) is 31.1 Å². The first-order valence-electron chi connectivity index (χ1n) is 14.8. The summed E-state index contributed by atoms with van der Waals surface area (Å²) in [5.41, 5.74) is -3.70. The number of nitrogens with zero attached hydrogens (tertiary/aromatic N) is 2. The first-order chi connectivity index (χ1) is 22.0. The monoisotopic (exact) mass is 737 g/mol. The number of nitrogens with one attached hydrogen (secondary N) is 1. The molecule has 2 saturated heterocycles. The SMILES string of the molecule is CC(=O)NC1(c2ccccc2)CCN(CCC2(c3ccc(Cl)c(Cl)c3)CN(Cc3cc(C(F)(F)F)cc(C(F)(F)F)c3)C(=O)O2)CC1.Cl. The van der Waals surface area contributed by atoms with Crippen molar-refractivity contribution in [2.24, 2.45) is 0 Å². The number of hydrogen-bond donors (Lipinski definition) is 1. The predicted molar refractivity (Wildman–Crippen MR) is 171 cm³/mol. The van der Waals surface area contributed by atoms with E-state index in [1.165, 1.54) is 13.0 Å². The molecule has 0 aromatic heterocycles. The van der Waals surface area contributed by atoms with Crippen molar-refractivity contribution in [3.05, 3.63) is 105 Å². The van der Waals surface area contributed by atoms with Crippen molar-refractivity contribution in [2.45, 2.75) is 56.2 Å². The molecule has 2 aliphatic heterocycles.